The molecular formula is C17H13N2O5S2-. The first-order valence-electron chi connectivity index (χ1n) is 7.88. The summed E-state index contributed by atoms with van der Waals surface area (Å²) in [7, 11) is 0. The highest BCUT2D eigenvalue weighted by molar-refractivity contribution is 8.00. The van der Waals surface area contributed by atoms with Crippen LogP contribution in [0.4, 0.5) is 0 Å². The number of amides is 2. The third-order valence-electron chi connectivity index (χ3n) is 4.64. The fraction of sp³-hybridized carbons (Fsp3) is 0.294. The van der Waals surface area contributed by atoms with Gasteiger partial charge in [0, 0.05) is 10.8 Å². The number of nitrogens with one attached hydrogen (secondary N) is 1. The van der Waals surface area contributed by atoms with Crippen molar-refractivity contribution < 1.29 is 19.5 Å². The highest BCUT2D eigenvalue weighted by Gasteiger charge is 2.55. The Balaban J connectivity index is 1.85. The number of aryl methyl sites for hydroxylation is 1. The number of carbonyl (C=O) groups is 3. The fourth-order valence-corrected chi connectivity index (χ4v) is 6.03. The molecule has 7 nitrogen and oxygen atoms in total. The third-order valence-corrected chi connectivity index (χ3v) is 7.04. The van der Waals surface area contributed by atoms with Crippen LogP contribution in [0, 0.1) is 12.8 Å². The number of thioether (sulfide) groups is 1. The van der Waals surface area contributed by atoms with Crippen LogP contribution in [0.25, 0.3) is 0 Å². The van der Waals surface area contributed by atoms with Crippen molar-refractivity contribution in [1.29, 1.82) is 0 Å². The molecule has 134 valence electrons. The van der Waals surface area contributed by atoms with Gasteiger partial charge in [-0.1, -0.05) is 52.9 Å². The molecule has 3 heterocycles. The van der Waals surface area contributed by atoms with Gasteiger partial charge in [-0.3, -0.25) is 19.3 Å². The SMILES string of the molecule is Cc1ccc(C2c3sc(=O)[nH]c3SC3C(=O)N(CC(=O)[O-])C(=O)C32)cc1. The van der Waals surface area contributed by atoms with E-state index in [4.69, 9.17) is 0 Å². The Morgan fingerprint density at radius 3 is 2.54 bits per heavy atom. The lowest BCUT2D eigenvalue weighted by molar-refractivity contribution is -0.305. The number of H-pyrrole nitrogens is 1. The maximum atomic E-state index is 12.9. The summed E-state index contributed by atoms with van der Waals surface area (Å²) in [6, 6.07) is 7.56. The van der Waals surface area contributed by atoms with Crippen LogP contribution in [0.1, 0.15) is 21.9 Å². The average Bonchev–Trinajstić information content (AvgIpc) is 3.06. The number of benzene rings is 1. The van der Waals surface area contributed by atoms with Crippen LogP contribution in [0.2, 0.25) is 0 Å². The molecule has 2 aliphatic rings. The van der Waals surface area contributed by atoms with E-state index < -0.39 is 41.4 Å². The number of carboxylic acids is 1. The van der Waals surface area contributed by atoms with Crippen LogP contribution in [0.15, 0.2) is 34.1 Å². The van der Waals surface area contributed by atoms with Gasteiger partial charge in [-0.25, -0.2) is 0 Å². The van der Waals surface area contributed by atoms with Gasteiger partial charge < -0.3 is 14.9 Å². The van der Waals surface area contributed by atoms with E-state index in [2.05, 4.69) is 4.98 Å². The Bertz CT molecular complexity index is 978. The first-order chi connectivity index (χ1) is 12.4. The Kier molecular flexibility index (Phi) is 4.00. The monoisotopic (exact) mass is 389 g/mol. The molecule has 0 bridgehead atoms. The number of imide groups is 1. The molecular weight excluding hydrogens is 376 g/mol. The molecule has 9 heteroatoms. The number of likely N-dealkylation sites (tertiary alicyclic amines) is 1. The van der Waals surface area contributed by atoms with E-state index in [-0.39, 0.29) is 4.87 Å². The summed E-state index contributed by atoms with van der Waals surface area (Å²) < 4.78 is 0. The number of aromatic nitrogens is 1. The maximum absolute atomic E-state index is 12.9. The molecule has 3 atom stereocenters. The van der Waals surface area contributed by atoms with Gasteiger partial charge in [0.15, 0.2) is 0 Å². The minimum absolute atomic E-state index is 0.244. The zero-order chi connectivity index (χ0) is 18.6. The van der Waals surface area contributed by atoms with E-state index in [1.54, 1.807) is 0 Å². The van der Waals surface area contributed by atoms with Gasteiger partial charge in [-0.15, -0.1) is 0 Å². The molecule has 2 aliphatic heterocycles. The van der Waals surface area contributed by atoms with Crippen molar-refractivity contribution in [1.82, 2.24) is 9.88 Å². The van der Waals surface area contributed by atoms with Crippen LogP contribution >= 0.6 is 23.1 Å². The molecule has 2 amide bonds. The van der Waals surface area contributed by atoms with Crippen LogP contribution < -0.4 is 9.98 Å². The number of rotatable bonds is 3. The summed E-state index contributed by atoms with van der Waals surface area (Å²) in [5.41, 5.74) is 1.87. The van der Waals surface area contributed by atoms with Gasteiger partial charge in [0.05, 0.1) is 23.5 Å². The second-order valence-electron chi connectivity index (χ2n) is 6.30. The van der Waals surface area contributed by atoms with Gasteiger partial charge in [0.25, 0.3) is 0 Å². The minimum atomic E-state index is -1.48. The lowest BCUT2D eigenvalue weighted by atomic mass is 9.83. The van der Waals surface area contributed by atoms with E-state index in [1.165, 1.54) is 0 Å². The summed E-state index contributed by atoms with van der Waals surface area (Å²) >= 11 is 2.14. The molecule has 2 aromatic rings. The third kappa shape index (κ3) is 2.58. The minimum Gasteiger partial charge on any atom is -0.548 e. The number of aliphatic carboxylic acids is 1. The zero-order valence-corrected chi connectivity index (χ0v) is 15.2. The highest BCUT2D eigenvalue weighted by atomic mass is 32.2. The normalized spacial score (nSPS) is 24.5. The highest BCUT2D eigenvalue weighted by Crippen LogP contribution is 2.52. The van der Waals surface area contributed by atoms with Crippen molar-refractivity contribution in [3.05, 3.63) is 49.9 Å². The molecule has 3 unspecified atom stereocenters. The summed E-state index contributed by atoms with van der Waals surface area (Å²) in [5.74, 6) is -3.78. The molecule has 1 aromatic heterocycles. The summed E-state index contributed by atoms with van der Waals surface area (Å²) in [5, 5.41) is 10.8. The number of hydrogen-bond acceptors (Lipinski definition) is 7. The van der Waals surface area contributed by atoms with E-state index in [0.29, 0.717) is 9.90 Å². The van der Waals surface area contributed by atoms with Crippen molar-refractivity contribution in [2.45, 2.75) is 23.1 Å². The molecule has 4 rings (SSSR count). The van der Waals surface area contributed by atoms with Gasteiger partial charge in [0.1, 0.15) is 5.25 Å². The number of thiazole rings is 1. The number of nitrogens with zero attached hydrogens (tertiary/aromatic N) is 1. The van der Waals surface area contributed by atoms with Gasteiger partial charge in [-0.05, 0) is 12.5 Å². The lowest BCUT2D eigenvalue weighted by Gasteiger charge is -2.29. The standard InChI is InChI=1S/C17H14N2O5S2/c1-7-2-4-8(5-3-7)10-11-13(25-14-12(10)26-17(24)18-14)16(23)19(15(11)22)6-9(20)21/h2-5,10-11,13H,6H2,1H3,(H,18,24)(H,20,21)/p-1. The zero-order valence-electron chi connectivity index (χ0n) is 13.6. The molecule has 0 aliphatic carbocycles. The van der Waals surface area contributed by atoms with Crippen LogP contribution in [-0.4, -0.2) is 39.5 Å². The summed E-state index contributed by atoms with van der Waals surface area (Å²) in [4.78, 5) is 52.3. The Hall–Kier alpha value is -2.39. The Labute approximate surface area is 156 Å². The Morgan fingerprint density at radius 1 is 1.19 bits per heavy atom. The van der Waals surface area contributed by atoms with Crippen molar-refractivity contribution >= 4 is 40.9 Å². The topological polar surface area (TPSA) is 110 Å². The van der Waals surface area contributed by atoms with E-state index in [9.17, 15) is 24.3 Å². The first-order valence-corrected chi connectivity index (χ1v) is 9.57. The predicted octanol–water partition coefficient (Wildman–Crippen LogP) is 0.0859. The van der Waals surface area contributed by atoms with Crippen LogP contribution in [0.3, 0.4) is 0 Å². The predicted molar refractivity (Wildman–Crippen MR) is 92.8 cm³/mol. The molecule has 1 N–H and O–H groups in total. The van der Waals surface area contributed by atoms with Gasteiger partial charge >= 0.3 is 4.87 Å². The van der Waals surface area contributed by atoms with Crippen LogP contribution in [0.5, 0.6) is 0 Å². The van der Waals surface area contributed by atoms with Crippen molar-refractivity contribution in [3.8, 4) is 0 Å². The van der Waals surface area contributed by atoms with Crippen molar-refractivity contribution in [2.75, 3.05) is 6.54 Å². The van der Waals surface area contributed by atoms with Crippen LogP contribution in [-0.2, 0) is 14.4 Å². The maximum Gasteiger partial charge on any atom is 0.305 e. The molecule has 0 saturated carbocycles. The number of aromatic amines is 1. The first kappa shape index (κ1) is 17.0. The molecule has 1 fully saturated rings. The summed E-state index contributed by atoms with van der Waals surface area (Å²) in [6.45, 7) is 1.19. The molecule has 0 radical (unpaired) electrons. The molecule has 26 heavy (non-hydrogen) atoms. The largest absolute Gasteiger partial charge is 0.548 e. The lowest BCUT2D eigenvalue weighted by Crippen LogP contribution is -2.42. The molecule has 1 aromatic carbocycles. The smallest absolute Gasteiger partial charge is 0.305 e. The molecule has 1 saturated heterocycles. The number of fused-ring (bicyclic) bond motifs is 2. The van der Waals surface area contributed by atoms with Crippen molar-refractivity contribution in [2.24, 2.45) is 5.92 Å². The number of carboxylic acid groups (broad SMARTS) is 1. The van der Waals surface area contributed by atoms with Crippen molar-refractivity contribution in [3.63, 3.8) is 0 Å². The van der Waals surface area contributed by atoms with Gasteiger partial charge in [0.2, 0.25) is 11.8 Å². The Morgan fingerprint density at radius 2 is 1.88 bits per heavy atom. The fourth-order valence-electron chi connectivity index (χ4n) is 3.49. The van der Waals surface area contributed by atoms with E-state index >= 15 is 0 Å². The van der Waals surface area contributed by atoms with Gasteiger partial charge in [-0.2, -0.15) is 0 Å². The average molecular weight is 389 g/mol. The summed E-state index contributed by atoms with van der Waals surface area (Å²) in [6.07, 6.45) is 0. The molecule has 0 spiro atoms. The quantitative estimate of drug-likeness (QED) is 0.745. The number of carbonyl (C=O) groups excluding carboxylic acids is 3. The second kappa shape index (κ2) is 6.10. The second-order valence-corrected chi connectivity index (χ2v) is 8.46. The number of hydrogen-bond donors (Lipinski definition) is 1. The van der Waals surface area contributed by atoms with E-state index in [0.717, 1.165) is 39.1 Å². The van der Waals surface area contributed by atoms with E-state index in [1.807, 2.05) is 31.2 Å².